The van der Waals surface area contributed by atoms with Gasteiger partial charge in [-0.15, -0.1) is 0 Å². The number of amides is 1. The normalized spacial score (nSPS) is 14.5. The molecule has 0 bridgehead atoms. The average Bonchev–Trinajstić information content (AvgIpc) is 3.52. The van der Waals surface area contributed by atoms with Crippen LogP contribution in [-0.4, -0.2) is 28.5 Å². The number of likely N-dealkylation sites (tertiary alicyclic amines) is 1. The summed E-state index contributed by atoms with van der Waals surface area (Å²) in [6.07, 6.45) is 4.90. The molecule has 1 aliphatic heterocycles. The highest BCUT2D eigenvalue weighted by molar-refractivity contribution is 5.86. The van der Waals surface area contributed by atoms with E-state index in [0.717, 1.165) is 49.5 Å². The van der Waals surface area contributed by atoms with Crippen LogP contribution >= 0.6 is 0 Å². The molecule has 4 aromatic rings. The Bertz CT molecular complexity index is 1240. The molecule has 0 N–H and O–H groups in total. The first kappa shape index (κ1) is 21.3. The van der Waals surface area contributed by atoms with Crippen LogP contribution in [0.15, 0.2) is 85.1 Å². The predicted octanol–water partition coefficient (Wildman–Crippen LogP) is 6.60. The molecule has 168 valence electrons. The molecule has 1 aromatic heterocycles. The van der Waals surface area contributed by atoms with Gasteiger partial charge in [0.05, 0.1) is 0 Å². The first-order valence-corrected chi connectivity index (χ1v) is 11.9. The summed E-state index contributed by atoms with van der Waals surface area (Å²) >= 11 is 0. The molecule has 33 heavy (non-hydrogen) atoms. The summed E-state index contributed by atoms with van der Waals surface area (Å²) in [5, 5.41) is 1.22. The summed E-state index contributed by atoms with van der Waals surface area (Å²) < 4.78 is 8.40. The van der Waals surface area contributed by atoms with Gasteiger partial charge in [0.15, 0.2) is 0 Å². The van der Waals surface area contributed by atoms with Crippen molar-refractivity contribution < 1.29 is 9.53 Å². The second-order valence-corrected chi connectivity index (χ2v) is 8.72. The number of aryl methyl sites for hydroxylation is 1. The lowest BCUT2D eigenvalue weighted by Crippen LogP contribution is -2.29. The van der Waals surface area contributed by atoms with E-state index in [2.05, 4.69) is 54.1 Å². The summed E-state index contributed by atoms with van der Waals surface area (Å²) in [5.74, 6) is 1.80. The van der Waals surface area contributed by atoms with Crippen molar-refractivity contribution >= 4 is 16.8 Å². The van der Waals surface area contributed by atoms with E-state index in [1.54, 1.807) is 0 Å². The van der Waals surface area contributed by atoms with Crippen LogP contribution in [0.2, 0.25) is 0 Å². The van der Waals surface area contributed by atoms with Crippen LogP contribution in [0.3, 0.4) is 0 Å². The third kappa shape index (κ3) is 4.51. The van der Waals surface area contributed by atoms with Gasteiger partial charge in [-0.05, 0) is 61.2 Å². The van der Waals surface area contributed by atoms with E-state index in [9.17, 15) is 4.79 Å². The van der Waals surface area contributed by atoms with E-state index in [4.69, 9.17) is 4.74 Å². The van der Waals surface area contributed by atoms with Crippen LogP contribution in [0.1, 0.15) is 43.2 Å². The van der Waals surface area contributed by atoms with Gasteiger partial charge in [-0.25, -0.2) is 0 Å². The molecule has 1 amide bonds. The summed E-state index contributed by atoms with van der Waals surface area (Å²) in [7, 11) is 0. The lowest BCUT2D eigenvalue weighted by atomic mass is 9.87. The molecule has 1 fully saturated rings. The second kappa shape index (κ2) is 9.53. The van der Waals surface area contributed by atoms with Gasteiger partial charge in [-0.3, -0.25) is 4.79 Å². The van der Waals surface area contributed by atoms with Crippen molar-refractivity contribution in [2.75, 3.05) is 13.1 Å². The van der Waals surface area contributed by atoms with E-state index >= 15 is 0 Å². The van der Waals surface area contributed by atoms with Gasteiger partial charge in [-0.2, -0.15) is 0 Å². The van der Waals surface area contributed by atoms with Crippen molar-refractivity contribution in [3.05, 3.63) is 96.2 Å². The molecule has 1 aliphatic rings. The van der Waals surface area contributed by atoms with Gasteiger partial charge in [0.25, 0.3) is 0 Å². The van der Waals surface area contributed by atoms with Crippen LogP contribution in [0.5, 0.6) is 11.5 Å². The third-order valence-electron chi connectivity index (χ3n) is 6.61. The number of hydrogen-bond acceptors (Lipinski definition) is 2. The number of rotatable bonds is 7. The molecule has 0 radical (unpaired) electrons. The maximum absolute atomic E-state index is 13.3. The quantitative estimate of drug-likeness (QED) is 0.326. The first-order chi connectivity index (χ1) is 16.2. The van der Waals surface area contributed by atoms with Gasteiger partial charge < -0.3 is 14.2 Å². The maximum Gasteiger partial charge on any atom is 0.223 e. The zero-order valence-electron chi connectivity index (χ0n) is 19.1. The fraction of sp³-hybridized carbons (Fsp3) is 0.276. The number of benzene rings is 3. The predicted molar refractivity (Wildman–Crippen MR) is 133 cm³/mol. The average molecular weight is 439 g/mol. The minimum Gasteiger partial charge on any atom is -0.457 e. The molecule has 2 heterocycles. The van der Waals surface area contributed by atoms with Gasteiger partial charge in [0, 0.05) is 49.1 Å². The number of ether oxygens (including phenoxy) is 1. The van der Waals surface area contributed by atoms with Crippen LogP contribution in [0.25, 0.3) is 10.9 Å². The van der Waals surface area contributed by atoms with Gasteiger partial charge in [-0.1, -0.05) is 48.5 Å². The second-order valence-electron chi connectivity index (χ2n) is 8.72. The standard InChI is InChI=1S/C29H30N2O2/c1-2-30-21-27(25-15-6-7-16-28(25)30)26(20-29(32)31-17-8-9-18-31)22-11-10-14-24(19-22)33-23-12-4-3-5-13-23/h3-7,10-16,19,21,26H,2,8-9,17-18,20H2,1H3. The van der Waals surface area contributed by atoms with E-state index < -0.39 is 0 Å². The number of nitrogens with zero attached hydrogens (tertiary/aromatic N) is 2. The Labute approximate surface area is 195 Å². The first-order valence-electron chi connectivity index (χ1n) is 11.9. The SMILES string of the molecule is CCn1cc(C(CC(=O)N2CCCC2)c2cccc(Oc3ccccc3)c2)c2ccccc21. The van der Waals surface area contributed by atoms with Crippen molar-refractivity contribution in [2.45, 2.75) is 38.6 Å². The van der Waals surface area contributed by atoms with E-state index in [1.807, 2.05) is 47.4 Å². The summed E-state index contributed by atoms with van der Waals surface area (Å²) in [5.41, 5.74) is 3.53. The minimum atomic E-state index is -0.0323. The van der Waals surface area contributed by atoms with E-state index in [0.29, 0.717) is 6.42 Å². The summed E-state index contributed by atoms with van der Waals surface area (Å²) in [6.45, 7) is 4.80. The lowest BCUT2D eigenvalue weighted by molar-refractivity contribution is -0.130. The third-order valence-corrected chi connectivity index (χ3v) is 6.61. The highest BCUT2D eigenvalue weighted by atomic mass is 16.5. The zero-order valence-corrected chi connectivity index (χ0v) is 19.1. The number of aromatic nitrogens is 1. The molecule has 0 saturated carbocycles. The van der Waals surface area contributed by atoms with Crippen molar-refractivity contribution in [2.24, 2.45) is 0 Å². The Morgan fingerprint density at radius 2 is 1.64 bits per heavy atom. The number of carbonyl (C=O) groups is 1. The molecule has 4 nitrogen and oxygen atoms in total. The van der Waals surface area contributed by atoms with Crippen LogP contribution < -0.4 is 4.74 Å². The molecule has 1 atom stereocenters. The highest BCUT2D eigenvalue weighted by Crippen LogP contribution is 2.37. The van der Waals surface area contributed by atoms with E-state index in [-0.39, 0.29) is 11.8 Å². The van der Waals surface area contributed by atoms with Gasteiger partial charge in [0.2, 0.25) is 5.91 Å². The van der Waals surface area contributed by atoms with Gasteiger partial charge >= 0.3 is 0 Å². The molecule has 1 saturated heterocycles. The Balaban J connectivity index is 1.55. The molecule has 0 spiro atoms. The van der Waals surface area contributed by atoms with Crippen molar-refractivity contribution in [3.63, 3.8) is 0 Å². The molecular weight excluding hydrogens is 408 g/mol. The lowest BCUT2D eigenvalue weighted by Gasteiger charge is -2.22. The Morgan fingerprint density at radius 1 is 0.909 bits per heavy atom. The number of fused-ring (bicyclic) bond motifs is 1. The molecular formula is C29H30N2O2. The van der Waals surface area contributed by atoms with Crippen molar-refractivity contribution in [1.82, 2.24) is 9.47 Å². The Morgan fingerprint density at radius 3 is 2.42 bits per heavy atom. The van der Waals surface area contributed by atoms with Gasteiger partial charge in [0.1, 0.15) is 11.5 Å². The highest BCUT2D eigenvalue weighted by Gasteiger charge is 2.26. The van der Waals surface area contributed by atoms with Crippen molar-refractivity contribution in [3.8, 4) is 11.5 Å². The fourth-order valence-electron chi connectivity index (χ4n) is 4.91. The molecule has 3 aromatic carbocycles. The van der Waals surface area contributed by atoms with Crippen LogP contribution in [0, 0.1) is 0 Å². The fourth-order valence-corrected chi connectivity index (χ4v) is 4.91. The topological polar surface area (TPSA) is 34.5 Å². The molecule has 5 rings (SSSR count). The summed E-state index contributed by atoms with van der Waals surface area (Å²) in [4.78, 5) is 15.3. The van der Waals surface area contributed by atoms with Crippen LogP contribution in [-0.2, 0) is 11.3 Å². The van der Waals surface area contributed by atoms with Crippen LogP contribution in [0.4, 0.5) is 0 Å². The minimum absolute atomic E-state index is 0.0323. The molecule has 4 heteroatoms. The summed E-state index contributed by atoms with van der Waals surface area (Å²) in [6, 6.07) is 26.5. The molecule has 1 unspecified atom stereocenters. The smallest absolute Gasteiger partial charge is 0.223 e. The maximum atomic E-state index is 13.3. The Hall–Kier alpha value is -3.53. The molecule has 0 aliphatic carbocycles. The van der Waals surface area contributed by atoms with E-state index in [1.165, 1.54) is 16.5 Å². The zero-order chi connectivity index (χ0) is 22.6. The Kier molecular flexibility index (Phi) is 6.16. The number of hydrogen-bond donors (Lipinski definition) is 0. The number of para-hydroxylation sites is 2. The monoisotopic (exact) mass is 438 g/mol. The number of carbonyl (C=O) groups excluding carboxylic acids is 1. The van der Waals surface area contributed by atoms with Crippen molar-refractivity contribution in [1.29, 1.82) is 0 Å². The largest absolute Gasteiger partial charge is 0.457 e.